The molecule has 1 aromatic carbocycles. The van der Waals surface area contributed by atoms with Crippen LogP contribution in [-0.2, 0) is 10.6 Å². The number of fused-ring (bicyclic) bond motifs is 2. The van der Waals surface area contributed by atoms with E-state index in [1.165, 1.54) is 0 Å². The van der Waals surface area contributed by atoms with Crippen LogP contribution in [0.15, 0.2) is 53.1 Å². The van der Waals surface area contributed by atoms with Crippen LogP contribution in [-0.4, -0.2) is 31.2 Å². The van der Waals surface area contributed by atoms with Crippen molar-refractivity contribution in [3.63, 3.8) is 0 Å². The van der Waals surface area contributed by atoms with Gasteiger partial charge >= 0.3 is 0 Å². The normalized spacial score (nSPS) is 12.6. The molecule has 4 aromatic rings. The maximum absolute atomic E-state index is 10.8. The summed E-state index contributed by atoms with van der Waals surface area (Å²) in [4.78, 5) is 4.35. The molecule has 1 N–H and O–H groups in total. The van der Waals surface area contributed by atoms with Crippen molar-refractivity contribution in [2.75, 3.05) is 12.4 Å². The van der Waals surface area contributed by atoms with E-state index in [-0.39, 0.29) is 0 Å². The number of ether oxygens (including phenoxy) is 1. The zero-order chi connectivity index (χ0) is 17.2. The van der Waals surface area contributed by atoms with Gasteiger partial charge in [-0.15, -0.1) is 5.10 Å². The number of hydrogen-bond acceptors (Lipinski definition) is 6. The second-order valence-corrected chi connectivity index (χ2v) is 6.74. The lowest BCUT2D eigenvalue weighted by atomic mass is 10.2. The third-order valence-electron chi connectivity index (χ3n) is 3.77. The summed E-state index contributed by atoms with van der Waals surface area (Å²) in [6, 6.07) is 13.3. The summed E-state index contributed by atoms with van der Waals surface area (Å²) in [7, 11) is -1.88. The largest absolute Gasteiger partial charge is 0.477 e. The summed E-state index contributed by atoms with van der Waals surface area (Å²) in [5.41, 5.74) is 2.24. The fourth-order valence-corrected chi connectivity index (χ4v) is 3.01. The monoisotopic (exact) mass is 356 g/mol. The molecular weight excluding hydrogens is 340 g/mol. The molecule has 4 rings (SSSR count). The Balaban J connectivity index is 1.64. The maximum atomic E-state index is 10.8. The lowest BCUT2D eigenvalue weighted by Crippen LogP contribution is -2.04. The van der Waals surface area contributed by atoms with Crippen molar-refractivity contribution >= 4 is 27.2 Å². The minimum absolute atomic E-state index is 0.326. The van der Waals surface area contributed by atoms with Gasteiger partial charge in [-0.3, -0.25) is 8.99 Å². The Kier molecular flexibility index (Phi) is 4.10. The summed E-state index contributed by atoms with van der Waals surface area (Å²) in [5, 5.41) is 5.47. The van der Waals surface area contributed by atoms with Gasteiger partial charge in [0.15, 0.2) is 11.4 Å². The lowest BCUT2D eigenvalue weighted by Gasteiger charge is -2.05. The van der Waals surface area contributed by atoms with Crippen LogP contribution in [0.5, 0.6) is 5.88 Å². The fraction of sp³-hybridized carbons (Fsp3) is 0.176. The van der Waals surface area contributed by atoms with Crippen molar-refractivity contribution in [2.45, 2.75) is 6.42 Å². The molecule has 0 amide bonds. The summed E-state index contributed by atoms with van der Waals surface area (Å²) in [5.74, 6) is 1.46. The van der Waals surface area contributed by atoms with Crippen LogP contribution in [0.2, 0.25) is 0 Å². The van der Waals surface area contributed by atoms with Crippen molar-refractivity contribution in [1.82, 2.24) is 14.6 Å². The quantitative estimate of drug-likeness (QED) is 0.409. The van der Waals surface area contributed by atoms with Gasteiger partial charge in [-0.1, -0.05) is 18.2 Å². The van der Waals surface area contributed by atoms with Gasteiger partial charge in [0.1, 0.15) is 11.3 Å². The molecule has 0 aliphatic rings. The number of thiol groups is 1. The molecule has 3 heterocycles. The fourth-order valence-electron chi connectivity index (χ4n) is 2.59. The number of nitrogens with one attached hydrogen (secondary N) is 1. The Morgan fingerprint density at radius 3 is 2.96 bits per heavy atom. The highest BCUT2D eigenvalue weighted by Crippen LogP contribution is 2.28. The molecule has 3 aromatic heterocycles. The number of hydrogen-bond donors (Lipinski definition) is 2. The molecule has 25 heavy (non-hydrogen) atoms. The molecule has 0 radical (unpaired) electrons. The first-order chi connectivity index (χ1) is 12.2. The highest BCUT2D eigenvalue weighted by molar-refractivity contribution is 7.73. The Bertz CT molecular complexity index is 1070. The zero-order valence-corrected chi connectivity index (χ0v) is 14.1. The second kappa shape index (κ2) is 6.56. The van der Waals surface area contributed by atoms with E-state index in [1.54, 1.807) is 16.8 Å². The van der Waals surface area contributed by atoms with Gasteiger partial charge in [0.05, 0.1) is 12.8 Å². The van der Waals surface area contributed by atoms with Crippen LogP contribution in [0, 0.1) is 4.78 Å². The topological polar surface area (TPSA) is 93.5 Å². The summed E-state index contributed by atoms with van der Waals surface area (Å²) < 4.78 is 31.0. The first kappa shape index (κ1) is 15.6. The first-order valence-corrected chi connectivity index (χ1v) is 9.27. The van der Waals surface area contributed by atoms with Crippen molar-refractivity contribution in [1.29, 1.82) is 4.78 Å². The van der Waals surface area contributed by atoms with Crippen molar-refractivity contribution < 1.29 is 13.4 Å². The number of nitrogens with zero attached hydrogens (tertiary/aromatic N) is 3. The molecule has 0 aliphatic carbocycles. The molecule has 1 unspecified atom stereocenters. The number of furan rings is 1. The van der Waals surface area contributed by atoms with Crippen LogP contribution in [0.1, 0.15) is 6.42 Å². The van der Waals surface area contributed by atoms with Crippen molar-refractivity contribution in [3.8, 4) is 17.3 Å². The Morgan fingerprint density at radius 1 is 1.24 bits per heavy atom. The average molecular weight is 356 g/mol. The minimum atomic E-state index is -1.88. The predicted octanol–water partition coefficient (Wildman–Crippen LogP) is 3.15. The Labute approximate surface area is 145 Å². The van der Waals surface area contributed by atoms with Gasteiger partial charge in [0.25, 0.3) is 0 Å². The van der Waals surface area contributed by atoms with Crippen LogP contribution >= 0.6 is 0 Å². The van der Waals surface area contributed by atoms with E-state index >= 15 is 0 Å². The number of benzene rings is 1. The van der Waals surface area contributed by atoms with E-state index in [1.807, 2.05) is 36.4 Å². The molecule has 0 saturated heterocycles. The third-order valence-corrected chi connectivity index (χ3v) is 4.49. The molecule has 0 spiro atoms. The van der Waals surface area contributed by atoms with Crippen molar-refractivity contribution in [3.05, 3.63) is 48.7 Å². The summed E-state index contributed by atoms with van der Waals surface area (Å²) in [6.45, 7) is 0.368. The van der Waals surface area contributed by atoms with E-state index in [0.29, 0.717) is 36.1 Å². The van der Waals surface area contributed by atoms with Gasteiger partial charge in [-0.05, 0) is 24.6 Å². The second-order valence-electron chi connectivity index (χ2n) is 5.54. The van der Waals surface area contributed by atoms with Crippen LogP contribution in [0.3, 0.4) is 0 Å². The van der Waals surface area contributed by atoms with Crippen molar-refractivity contribution in [2.24, 2.45) is 0 Å². The zero-order valence-electron chi connectivity index (χ0n) is 13.3. The highest BCUT2D eigenvalue weighted by atomic mass is 32.2. The molecular formula is C17H16N4O3S. The standard InChI is InChI=1S/C17H16N4O3S/c18-25(22)9-3-8-23-17-7-6-16-19-11-13(21(16)20-17)15-10-12-4-1-2-5-14(12)24-15/h1-2,4-7,10-11,18,25H,3,8-9H2. The Morgan fingerprint density at radius 2 is 2.12 bits per heavy atom. The molecule has 0 saturated carbocycles. The van der Waals surface area contributed by atoms with Gasteiger partial charge in [-0.2, -0.15) is 0 Å². The molecule has 0 fully saturated rings. The Hall–Kier alpha value is -2.87. The minimum Gasteiger partial charge on any atom is -0.477 e. The molecule has 7 nitrogen and oxygen atoms in total. The maximum Gasteiger partial charge on any atom is 0.231 e. The molecule has 0 bridgehead atoms. The smallest absolute Gasteiger partial charge is 0.231 e. The molecule has 128 valence electrons. The summed E-state index contributed by atoms with van der Waals surface area (Å²) >= 11 is 0. The van der Waals surface area contributed by atoms with E-state index in [9.17, 15) is 4.21 Å². The lowest BCUT2D eigenvalue weighted by molar-refractivity contribution is 0.301. The number of para-hydroxylation sites is 1. The van der Waals surface area contributed by atoms with E-state index in [4.69, 9.17) is 13.9 Å². The van der Waals surface area contributed by atoms with Gasteiger partial charge in [-0.25, -0.2) is 9.50 Å². The van der Waals surface area contributed by atoms with Gasteiger partial charge in [0.2, 0.25) is 5.88 Å². The number of aromatic nitrogens is 3. The van der Waals surface area contributed by atoms with Crippen LogP contribution in [0.25, 0.3) is 28.1 Å². The molecule has 8 heteroatoms. The highest BCUT2D eigenvalue weighted by Gasteiger charge is 2.13. The van der Waals surface area contributed by atoms with Gasteiger partial charge < -0.3 is 9.15 Å². The number of rotatable bonds is 6. The predicted molar refractivity (Wildman–Crippen MR) is 95.4 cm³/mol. The number of imidazole rings is 1. The molecule has 0 aliphatic heterocycles. The van der Waals surface area contributed by atoms with Crippen LogP contribution < -0.4 is 4.74 Å². The summed E-state index contributed by atoms with van der Waals surface area (Å²) in [6.07, 6.45) is 2.27. The third kappa shape index (κ3) is 3.20. The SMILES string of the molecule is N=[SH](=O)CCCOc1ccc2ncc(-c3cc4ccccc4o3)n2n1. The van der Waals surface area contributed by atoms with E-state index in [0.717, 1.165) is 16.7 Å². The van der Waals surface area contributed by atoms with E-state index in [2.05, 4.69) is 10.1 Å². The van der Waals surface area contributed by atoms with E-state index < -0.39 is 10.6 Å². The first-order valence-electron chi connectivity index (χ1n) is 7.83. The average Bonchev–Trinajstić information content (AvgIpc) is 3.21. The van der Waals surface area contributed by atoms with Gasteiger partial charge in [0, 0.05) is 27.8 Å². The van der Waals surface area contributed by atoms with Crippen LogP contribution in [0.4, 0.5) is 0 Å². The molecule has 1 atom stereocenters.